The third kappa shape index (κ3) is 4.57. The van der Waals surface area contributed by atoms with Gasteiger partial charge in [0.25, 0.3) is 0 Å². The van der Waals surface area contributed by atoms with Crippen molar-refractivity contribution in [1.29, 1.82) is 0 Å². The van der Waals surface area contributed by atoms with E-state index in [2.05, 4.69) is 0 Å². The highest BCUT2D eigenvalue weighted by molar-refractivity contribution is 4.76. The van der Waals surface area contributed by atoms with Gasteiger partial charge in [-0.15, -0.1) is 0 Å². The Hall–Kier alpha value is -0.120. The van der Waals surface area contributed by atoms with Crippen LogP contribution < -0.4 is 5.73 Å². The van der Waals surface area contributed by atoms with E-state index in [0.29, 0.717) is 18.6 Å². The summed E-state index contributed by atoms with van der Waals surface area (Å²) in [7, 11) is 0. The van der Waals surface area contributed by atoms with Crippen molar-refractivity contribution in [1.82, 2.24) is 0 Å². The van der Waals surface area contributed by atoms with E-state index in [1.807, 2.05) is 0 Å². The first-order valence-electron chi connectivity index (χ1n) is 7.31. The quantitative estimate of drug-likeness (QED) is 0.804. The lowest BCUT2D eigenvalue weighted by molar-refractivity contribution is -0.0454. The summed E-state index contributed by atoms with van der Waals surface area (Å²) >= 11 is 0. The first kappa shape index (κ1) is 13.3. The van der Waals surface area contributed by atoms with E-state index in [9.17, 15) is 0 Å². The zero-order chi connectivity index (χ0) is 11.9. The molecule has 1 aliphatic carbocycles. The lowest BCUT2D eigenvalue weighted by Gasteiger charge is -2.28. The molecule has 0 aromatic rings. The van der Waals surface area contributed by atoms with E-state index in [1.165, 1.54) is 44.9 Å². The topological polar surface area (TPSA) is 44.5 Å². The number of hydrogen-bond acceptors (Lipinski definition) is 3. The molecule has 1 saturated carbocycles. The second kappa shape index (κ2) is 7.34. The molecule has 17 heavy (non-hydrogen) atoms. The van der Waals surface area contributed by atoms with Gasteiger partial charge in [0.1, 0.15) is 0 Å². The van der Waals surface area contributed by atoms with Crippen molar-refractivity contribution in [2.75, 3.05) is 19.8 Å². The molecule has 2 aliphatic rings. The predicted octanol–water partition coefficient (Wildman–Crippen LogP) is 2.48. The summed E-state index contributed by atoms with van der Waals surface area (Å²) in [5, 5.41) is 0. The normalized spacial score (nSPS) is 29.1. The highest BCUT2D eigenvalue weighted by Gasteiger charge is 2.21. The van der Waals surface area contributed by atoms with E-state index in [4.69, 9.17) is 15.2 Å². The molecule has 2 unspecified atom stereocenters. The van der Waals surface area contributed by atoms with E-state index in [-0.39, 0.29) is 6.04 Å². The molecule has 1 heterocycles. The Morgan fingerprint density at radius 2 is 1.82 bits per heavy atom. The Morgan fingerprint density at radius 3 is 2.53 bits per heavy atom. The zero-order valence-electron chi connectivity index (χ0n) is 10.9. The number of rotatable bonds is 5. The number of nitrogens with two attached hydrogens (primary N) is 1. The number of ether oxygens (including phenoxy) is 2. The summed E-state index contributed by atoms with van der Waals surface area (Å²) < 4.78 is 11.4. The fourth-order valence-electron chi connectivity index (χ4n) is 2.97. The minimum atomic E-state index is 0.235. The summed E-state index contributed by atoms with van der Waals surface area (Å²) in [6.07, 6.45) is 10.6. The molecular formula is C14H27NO2. The Bertz CT molecular complexity index is 198. The molecule has 100 valence electrons. The maximum Gasteiger partial charge on any atom is 0.0808 e. The predicted molar refractivity (Wildman–Crippen MR) is 69.0 cm³/mol. The van der Waals surface area contributed by atoms with Crippen LogP contribution in [0, 0.1) is 5.92 Å². The van der Waals surface area contributed by atoms with Crippen LogP contribution in [0.5, 0.6) is 0 Å². The van der Waals surface area contributed by atoms with Gasteiger partial charge < -0.3 is 15.2 Å². The van der Waals surface area contributed by atoms with Crippen molar-refractivity contribution in [3.8, 4) is 0 Å². The first-order chi connectivity index (χ1) is 8.36. The van der Waals surface area contributed by atoms with Crippen molar-refractivity contribution in [2.45, 2.75) is 63.5 Å². The SMILES string of the molecule is NC(COCC1CCCCO1)C1CCCCC1. The summed E-state index contributed by atoms with van der Waals surface area (Å²) in [5.74, 6) is 0.691. The Morgan fingerprint density at radius 1 is 1.06 bits per heavy atom. The fraction of sp³-hybridized carbons (Fsp3) is 1.00. The molecular weight excluding hydrogens is 214 g/mol. The van der Waals surface area contributed by atoms with E-state index in [0.717, 1.165) is 19.6 Å². The third-order valence-corrected chi connectivity index (χ3v) is 4.14. The van der Waals surface area contributed by atoms with Gasteiger partial charge in [0, 0.05) is 12.6 Å². The Balaban J connectivity index is 1.57. The van der Waals surface area contributed by atoms with E-state index < -0.39 is 0 Å². The second-order valence-corrected chi connectivity index (χ2v) is 5.59. The first-order valence-corrected chi connectivity index (χ1v) is 7.31. The van der Waals surface area contributed by atoms with E-state index in [1.54, 1.807) is 0 Å². The minimum Gasteiger partial charge on any atom is -0.377 e. The van der Waals surface area contributed by atoms with Crippen molar-refractivity contribution in [3.05, 3.63) is 0 Å². The smallest absolute Gasteiger partial charge is 0.0808 e. The summed E-state index contributed by atoms with van der Waals surface area (Å²) in [4.78, 5) is 0. The maximum absolute atomic E-state index is 6.20. The molecule has 1 saturated heterocycles. The fourth-order valence-corrected chi connectivity index (χ4v) is 2.97. The van der Waals surface area contributed by atoms with Crippen LogP contribution >= 0.6 is 0 Å². The van der Waals surface area contributed by atoms with Crippen molar-refractivity contribution < 1.29 is 9.47 Å². The molecule has 1 aliphatic heterocycles. The molecule has 0 aromatic heterocycles. The van der Waals surface area contributed by atoms with Crippen LogP contribution in [0.2, 0.25) is 0 Å². The summed E-state index contributed by atoms with van der Waals surface area (Å²) in [6, 6.07) is 0.235. The maximum atomic E-state index is 6.20. The largest absolute Gasteiger partial charge is 0.377 e. The molecule has 0 aromatic carbocycles. The van der Waals surface area contributed by atoms with Crippen LogP contribution in [0.3, 0.4) is 0 Å². The van der Waals surface area contributed by atoms with Gasteiger partial charge in [0.05, 0.1) is 19.3 Å². The molecule has 2 fully saturated rings. The summed E-state index contributed by atoms with van der Waals surface area (Å²) in [6.45, 7) is 2.35. The van der Waals surface area contributed by atoms with Gasteiger partial charge in [-0.1, -0.05) is 19.3 Å². The molecule has 0 amide bonds. The van der Waals surface area contributed by atoms with Crippen molar-refractivity contribution in [2.24, 2.45) is 11.7 Å². The molecule has 0 radical (unpaired) electrons. The molecule has 2 atom stereocenters. The molecule has 0 spiro atoms. The molecule has 3 heteroatoms. The van der Waals surface area contributed by atoms with Gasteiger partial charge in [-0.05, 0) is 38.0 Å². The molecule has 2 N–H and O–H groups in total. The van der Waals surface area contributed by atoms with Gasteiger partial charge in [0.2, 0.25) is 0 Å². The van der Waals surface area contributed by atoms with Crippen molar-refractivity contribution >= 4 is 0 Å². The summed E-state index contributed by atoms with van der Waals surface area (Å²) in [5.41, 5.74) is 6.20. The van der Waals surface area contributed by atoms with Crippen LogP contribution in [0.4, 0.5) is 0 Å². The third-order valence-electron chi connectivity index (χ3n) is 4.14. The van der Waals surface area contributed by atoms with E-state index >= 15 is 0 Å². The lowest BCUT2D eigenvalue weighted by Crippen LogP contribution is -2.37. The molecule has 3 nitrogen and oxygen atoms in total. The zero-order valence-corrected chi connectivity index (χ0v) is 10.9. The molecule has 0 bridgehead atoms. The minimum absolute atomic E-state index is 0.235. The number of hydrogen-bond donors (Lipinski definition) is 1. The standard InChI is InChI=1S/C14H27NO2/c15-14(12-6-2-1-3-7-12)11-16-10-13-8-4-5-9-17-13/h12-14H,1-11,15H2. The monoisotopic (exact) mass is 241 g/mol. The average Bonchev–Trinajstić information content (AvgIpc) is 2.41. The van der Waals surface area contributed by atoms with Crippen LogP contribution in [0.25, 0.3) is 0 Å². The van der Waals surface area contributed by atoms with Crippen LogP contribution in [-0.2, 0) is 9.47 Å². The van der Waals surface area contributed by atoms with Crippen molar-refractivity contribution in [3.63, 3.8) is 0 Å². The Labute approximate surface area is 105 Å². The van der Waals surface area contributed by atoms with Crippen LogP contribution in [0.1, 0.15) is 51.4 Å². The molecule has 2 rings (SSSR count). The van der Waals surface area contributed by atoms with Gasteiger partial charge in [-0.25, -0.2) is 0 Å². The van der Waals surface area contributed by atoms with Gasteiger partial charge in [0.15, 0.2) is 0 Å². The van der Waals surface area contributed by atoms with Gasteiger partial charge >= 0.3 is 0 Å². The average molecular weight is 241 g/mol. The van der Waals surface area contributed by atoms with Gasteiger partial charge in [-0.2, -0.15) is 0 Å². The Kier molecular flexibility index (Phi) is 5.75. The van der Waals surface area contributed by atoms with Gasteiger partial charge in [-0.3, -0.25) is 0 Å². The highest BCUT2D eigenvalue weighted by atomic mass is 16.5. The van der Waals surface area contributed by atoms with Crippen LogP contribution in [-0.4, -0.2) is 32.0 Å². The lowest BCUT2D eigenvalue weighted by atomic mass is 9.84. The van der Waals surface area contributed by atoms with Crippen LogP contribution in [0.15, 0.2) is 0 Å². The second-order valence-electron chi connectivity index (χ2n) is 5.59. The highest BCUT2D eigenvalue weighted by Crippen LogP contribution is 2.25.